The van der Waals surface area contributed by atoms with Crippen LogP contribution in [-0.2, 0) is 4.79 Å². The molecule has 0 unspecified atom stereocenters. The van der Waals surface area contributed by atoms with E-state index in [2.05, 4.69) is 0 Å². The Labute approximate surface area is 131 Å². The summed E-state index contributed by atoms with van der Waals surface area (Å²) in [6, 6.07) is 6.60. The van der Waals surface area contributed by atoms with Gasteiger partial charge in [-0.1, -0.05) is 0 Å². The Morgan fingerprint density at radius 3 is 2.39 bits per heavy atom. The first-order valence-electron chi connectivity index (χ1n) is 6.58. The van der Waals surface area contributed by atoms with Gasteiger partial charge >= 0.3 is 0 Å². The van der Waals surface area contributed by atoms with Gasteiger partial charge in [0.1, 0.15) is 0 Å². The lowest BCUT2D eigenvalue weighted by Gasteiger charge is -2.20. The fraction of sp³-hybridized carbons (Fsp3) is 0.357. The van der Waals surface area contributed by atoms with Crippen LogP contribution in [0.2, 0.25) is 0 Å². The third-order valence-electron chi connectivity index (χ3n) is 2.82. The molecule has 0 heterocycles. The van der Waals surface area contributed by atoms with Gasteiger partial charge in [-0.05, 0) is 6.07 Å². The number of hydrogen-bond acceptors (Lipinski definition) is 6. The molecule has 0 aliphatic rings. The first-order chi connectivity index (χ1) is 11.0. The Morgan fingerprint density at radius 1 is 1.30 bits per heavy atom. The first kappa shape index (κ1) is 17.9. The van der Waals surface area contributed by atoms with E-state index in [1.165, 1.54) is 4.90 Å². The maximum atomic E-state index is 13.6. The van der Waals surface area contributed by atoms with Crippen LogP contribution in [-0.4, -0.2) is 35.4 Å². The van der Waals surface area contributed by atoms with E-state index in [0.29, 0.717) is 6.07 Å². The molecule has 8 nitrogen and oxygen atoms in total. The van der Waals surface area contributed by atoms with Crippen LogP contribution in [0, 0.1) is 38.6 Å². The van der Waals surface area contributed by atoms with Crippen LogP contribution in [0.3, 0.4) is 0 Å². The molecule has 0 saturated carbocycles. The van der Waals surface area contributed by atoms with Gasteiger partial charge < -0.3 is 9.64 Å². The average molecular weight is 320 g/mol. The highest BCUT2D eigenvalue weighted by atomic mass is 19.1. The molecule has 1 amide bonds. The van der Waals surface area contributed by atoms with Crippen molar-refractivity contribution in [2.24, 2.45) is 0 Å². The summed E-state index contributed by atoms with van der Waals surface area (Å²) in [5, 5.41) is 27.6. The van der Waals surface area contributed by atoms with E-state index in [-0.39, 0.29) is 31.7 Å². The van der Waals surface area contributed by atoms with Gasteiger partial charge in [-0.3, -0.25) is 14.9 Å². The summed E-state index contributed by atoms with van der Waals surface area (Å²) in [4.78, 5) is 23.0. The summed E-state index contributed by atoms with van der Waals surface area (Å²) >= 11 is 0. The third-order valence-corrected chi connectivity index (χ3v) is 2.82. The van der Waals surface area contributed by atoms with Crippen molar-refractivity contribution in [2.75, 3.05) is 19.7 Å². The van der Waals surface area contributed by atoms with Crippen LogP contribution < -0.4 is 4.74 Å². The SMILES string of the molecule is N#CCCN(CCC#N)C(=O)COc1ccc([N+](=O)[O-])cc1F. The van der Waals surface area contributed by atoms with Crippen LogP contribution in [0.1, 0.15) is 12.8 Å². The Bertz CT molecular complexity index is 648. The zero-order chi connectivity index (χ0) is 17.2. The summed E-state index contributed by atoms with van der Waals surface area (Å²) in [5.74, 6) is -1.75. The van der Waals surface area contributed by atoms with E-state index in [0.717, 1.165) is 12.1 Å². The smallest absolute Gasteiger partial charge is 0.272 e. The summed E-state index contributed by atoms with van der Waals surface area (Å²) < 4.78 is 18.6. The molecule has 0 fully saturated rings. The number of rotatable bonds is 8. The van der Waals surface area contributed by atoms with Crippen molar-refractivity contribution in [2.45, 2.75) is 12.8 Å². The molecule has 1 aromatic rings. The van der Waals surface area contributed by atoms with E-state index in [9.17, 15) is 19.3 Å². The number of non-ortho nitro benzene ring substituents is 1. The van der Waals surface area contributed by atoms with E-state index in [1.54, 1.807) is 0 Å². The summed E-state index contributed by atoms with van der Waals surface area (Å²) in [6.07, 6.45) is 0.201. The van der Waals surface area contributed by atoms with Crippen molar-refractivity contribution in [3.8, 4) is 17.9 Å². The molecule has 0 spiro atoms. The highest BCUT2D eigenvalue weighted by molar-refractivity contribution is 5.77. The number of nitro groups is 1. The quantitative estimate of drug-likeness (QED) is 0.531. The second-order valence-electron chi connectivity index (χ2n) is 4.36. The van der Waals surface area contributed by atoms with E-state index < -0.39 is 28.9 Å². The highest BCUT2D eigenvalue weighted by Crippen LogP contribution is 2.22. The van der Waals surface area contributed by atoms with Crippen molar-refractivity contribution in [3.63, 3.8) is 0 Å². The summed E-state index contributed by atoms with van der Waals surface area (Å²) in [6.45, 7) is -0.210. The number of hydrogen-bond donors (Lipinski definition) is 0. The van der Waals surface area contributed by atoms with Crippen LogP contribution in [0.4, 0.5) is 10.1 Å². The topological polar surface area (TPSA) is 120 Å². The van der Waals surface area contributed by atoms with Crippen LogP contribution in [0.15, 0.2) is 18.2 Å². The Balaban J connectivity index is 2.67. The molecule has 0 aliphatic heterocycles. The monoisotopic (exact) mass is 320 g/mol. The number of halogens is 1. The third kappa shape index (κ3) is 5.59. The summed E-state index contributed by atoms with van der Waals surface area (Å²) in [5.41, 5.74) is -0.425. The van der Waals surface area contributed by atoms with Gasteiger partial charge in [-0.2, -0.15) is 10.5 Å². The standard InChI is InChI=1S/C14H13FN4O4/c15-12-9-11(19(21)22)3-4-13(12)23-10-14(20)18(7-1-5-16)8-2-6-17/h3-4,9H,1-2,7-8,10H2. The molecule has 0 saturated heterocycles. The number of nitro benzene ring substituents is 1. The van der Waals surface area contributed by atoms with E-state index in [1.807, 2.05) is 12.1 Å². The second kappa shape index (κ2) is 8.95. The normalized spacial score (nSPS) is 9.52. The van der Waals surface area contributed by atoms with Gasteiger partial charge in [0.25, 0.3) is 11.6 Å². The molecule has 0 bridgehead atoms. The maximum absolute atomic E-state index is 13.6. The molecule has 23 heavy (non-hydrogen) atoms. The zero-order valence-electron chi connectivity index (χ0n) is 12.1. The minimum absolute atomic E-state index is 0.100. The van der Waals surface area contributed by atoms with Gasteiger partial charge in [0.2, 0.25) is 0 Å². The highest BCUT2D eigenvalue weighted by Gasteiger charge is 2.16. The van der Waals surface area contributed by atoms with Crippen molar-refractivity contribution in [3.05, 3.63) is 34.1 Å². The number of benzene rings is 1. The van der Waals surface area contributed by atoms with Crippen molar-refractivity contribution >= 4 is 11.6 Å². The molecule has 0 N–H and O–H groups in total. The molecule has 0 aliphatic carbocycles. The average Bonchev–Trinajstić information content (AvgIpc) is 2.53. The molecule has 9 heteroatoms. The van der Waals surface area contributed by atoms with Gasteiger partial charge in [-0.15, -0.1) is 0 Å². The lowest BCUT2D eigenvalue weighted by molar-refractivity contribution is -0.385. The maximum Gasteiger partial charge on any atom is 0.272 e. The number of ether oxygens (including phenoxy) is 1. The fourth-order valence-corrected chi connectivity index (χ4v) is 1.68. The largest absolute Gasteiger partial charge is 0.481 e. The molecule has 0 radical (unpaired) electrons. The predicted octanol–water partition coefficient (Wildman–Crippen LogP) is 1.77. The molecule has 1 rings (SSSR count). The zero-order valence-corrected chi connectivity index (χ0v) is 12.1. The fourth-order valence-electron chi connectivity index (χ4n) is 1.68. The molecular weight excluding hydrogens is 307 g/mol. The number of carbonyl (C=O) groups is 1. The minimum atomic E-state index is -0.951. The van der Waals surface area contributed by atoms with Gasteiger partial charge in [0, 0.05) is 19.2 Å². The number of nitriles is 2. The number of carbonyl (C=O) groups excluding carboxylic acids is 1. The summed E-state index contributed by atoms with van der Waals surface area (Å²) in [7, 11) is 0. The Hall–Kier alpha value is -3.20. The number of nitrogens with zero attached hydrogens (tertiary/aromatic N) is 4. The first-order valence-corrected chi connectivity index (χ1v) is 6.58. The molecule has 120 valence electrons. The van der Waals surface area contributed by atoms with Gasteiger partial charge in [0.15, 0.2) is 18.2 Å². The van der Waals surface area contributed by atoms with Crippen molar-refractivity contribution in [1.29, 1.82) is 10.5 Å². The molecule has 1 aromatic carbocycles. The molecule has 0 atom stereocenters. The van der Waals surface area contributed by atoms with Crippen molar-refractivity contribution < 1.29 is 18.8 Å². The van der Waals surface area contributed by atoms with Crippen LogP contribution in [0.5, 0.6) is 5.75 Å². The van der Waals surface area contributed by atoms with E-state index >= 15 is 0 Å². The van der Waals surface area contributed by atoms with E-state index in [4.69, 9.17) is 15.3 Å². The second-order valence-corrected chi connectivity index (χ2v) is 4.36. The van der Waals surface area contributed by atoms with Crippen LogP contribution in [0.25, 0.3) is 0 Å². The van der Waals surface area contributed by atoms with Gasteiger partial charge in [-0.25, -0.2) is 4.39 Å². The van der Waals surface area contributed by atoms with Gasteiger partial charge in [0.05, 0.1) is 36.0 Å². The van der Waals surface area contributed by atoms with Crippen molar-refractivity contribution in [1.82, 2.24) is 4.90 Å². The number of amides is 1. The Morgan fingerprint density at radius 2 is 1.91 bits per heavy atom. The molecular formula is C14H13FN4O4. The molecule has 0 aromatic heterocycles. The van der Waals surface area contributed by atoms with Crippen LogP contribution >= 0.6 is 0 Å². The Kier molecular flexibility index (Phi) is 6.95. The lowest BCUT2D eigenvalue weighted by atomic mass is 10.3. The lowest BCUT2D eigenvalue weighted by Crippen LogP contribution is -2.36. The minimum Gasteiger partial charge on any atom is -0.481 e. The predicted molar refractivity (Wildman–Crippen MR) is 75.6 cm³/mol.